The summed E-state index contributed by atoms with van der Waals surface area (Å²) < 4.78 is 10.6. The summed E-state index contributed by atoms with van der Waals surface area (Å²) in [5.74, 6) is 0.745. The van der Waals surface area contributed by atoms with Crippen LogP contribution in [0.25, 0.3) is 0 Å². The lowest BCUT2D eigenvalue weighted by atomic mass is 9.97. The zero-order valence-electron chi connectivity index (χ0n) is 11.7. The average molecular weight is 255 g/mol. The standard InChI is InChI=1S/C14H25NO3/c1-14(2,3)18-13(16)15-11(12-9-17-12)8-10-6-4-5-7-10/h10-12H,4-9H2,1-3H3,(H,15,16)/t11-,12?/m0/s1. The average Bonchev–Trinajstić information content (AvgIpc) is 2.95. The fourth-order valence-electron chi connectivity index (χ4n) is 2.66. The van der Waals surface area contributed by atoms with Crippen LogP contribution in [0.4, 0.5) is 4.79 Å². The van der Waals surface area contributed by atoms with Crippen molar-refractivity contribution in [2.45, 2.75) is 70.6 Å². The van der Waals surface area contributed by atoms with Crippen molar-refractivity contribution in [1.29, 1.82) is 0 Å². The van der Waals surface area contributed by atoms with E-state index < -0.39 is 5.60 Å². The molecule has 2 fully saturated rings. The van der Waals surface area contributed by atoms with Crippen molar-refractivity contribution in [3.05, 3.63) is 0 Å². The Morgan fingerprint density at radius 3 is 2.50 bits per heavy atom. The van der Waals surface area contributed by atoms with Crippen LogP contribution < -0.4 is 5.32 Å². The van der Waals surface area contributed by atoms with E-state index in [0.29, 0.717) is 0 Å². The lowest BCUT2D eigenvalue weighted by molar-refractivity contribution is 0.0487. The van der Waals surface area contributed by atoms with E-state index in [1.807, 2.05) is 20.8 Å². The molecular formula is C14H25NO3. The van der Waals surface area contributed by atoms with Crippen molar-refractivity contribution < 1.29 is 14.3 Å². The molecule has 0 aromatic rings. The van der Waals surface area contributed by atoms with Gasteiger partial charge in [-0.15, -0.1) is 0 Å². The minimum atomic E-state index is -0.438. The van der Waals surface area contributed by atoms with Gasteiger partial charge in [-0.05, 0) is 33.1 Å². The Bertz CT molecular complexity index is 288. The second-order valence-electron chi connectivity index (χ2n) is 6.51. The maximum Gasteiger partial charge on any atom is 0.407 e. The number of hydrogen-bond donors (Lipinski definition) is 1. The van der Waals surface area contributed by atoms with Gasteiger partial charge in [0.15, 0.2) is 0 Å². The summed E-state index contributed by atoms with van der Waals surface area (Å²) in [5.41, 5.74) is -0.438. The minimum absolute atomic E-state index is 0.128. The normalized spacial score (nSPS) is 25.8. The highest BCUT2D eigenvalue weighted by Crippen LogP contribution is 2.31. The lowest BCUT2D eigenvalue weighted by Gasteiger charge is -2.24. The summed E-state index contributed by atoms with van der Waals surface area (Å²) in [5, 5.41) is 2.98. The SMILES string of the molecule is CC(C)(C)OC(=O)N[C@@H](CC1CCCC1)C1CO1. The predicted molar refractivity (Wildman–Crippen MR) is 69.5 cm³/mol. The molecule has 0 aromatic heterocycles. The smallest absolute Gasteiger partial charge is 0.407 e. The second kappa shape index (κ2) is 5.47. The van der Waals surface area contributed by atoms with E-state index in [9.17, 15) is 4.79 Å². The Morgan fingerprint density at radius 1 is 1.39 bits per heavy atom. The maximum atomic E-state index is 11.8. The Labute approximate surface area is 109 Å². The molecule has 2 atom stereocenters. The summed E-state index contributed by atoms with van der Waals surface area (Å²) in [6, 6.07) is 0.128. The van der Waals surface area contributed by atoms with Gasteiger partial charge in [0.1, 0.15) is 11.7 Å². The van der Waals surface area contributed by atoms with E-state index in [1.165, 1.54) is 25.7 Å². The Morgan fingerprint density at radius 2 is 2.00 bits per heavy atom. The van der Waals surface area contributed by atoms with Crippen LogP contribution in [0.2, 0.25) is 0 Å². The second-order valence-corrected chi connectivity index (χ2v) is 6.51. The summed E-state index contributed by atoms with van der Waals surface area (Å²) in [6.07, 6.45) is 6.16. The van der Waals surface area contributed by atoms with E-state index in [0.717, 1.165) is 18.9 Å². The molecule has 0 spiro atoms. The number of alkyl carbamates (subject to hydrolysis) is 1. The highest BCUT2D eigenvalue weighted by molar-refractivity contribution is 5.68. The number of nitrogens with one attached hydrogen (secondary N) is 1. The van der Waals surface area contributed by atoms with Crippen LogP contribution in [-0.4, -0.2) is 30.4 Å². The molecule has 1 N–H and O–H groups in total. The first-order valence-corrected chi connectivity index (χ1v) is 7.05. The third kappa shape index (κ3) is 4.48. The van der Waals surface area contributed by atoms with E-state index in [1.54, 1.807) is 0 Å². The third-order valence-corrected chi connectivity index (χ3v) is 3.57. The minimum Gasteiger partial charge on any atom is -0.444 e. The maximum absolute atomic E-state index is 11.8. The van der Waals surface area contributed by atoms with E-state index in [-0.39, 0.29) is 18.2 Å². The molecule has 1 saturated carbocycles. The van der Waals surface area contributed by atoms with E-state index >= 15 is 0 Å². The Kier molecular flexibility index (Phi) is 4.15. The number of amides is 1. The molecule has 4 nitrogen and oxygen atoms in total. The number of ether oxygens (including phenoxy) is 2. The molecule has 18 heavy (non-hydrogen) atoms. The lowest BCUT2D eigenvalue weighted by Crippen LogP contribution is -2.42. The van der Waals surface area contributed by atoms with Gasteiger partial charge < -0.3 is 14.8 Å². The molecule has 0 radical (unpaired) electrons. The zero-order valence-corrected chi connectivity index (χ0v) is 11.7. The molecule has 1 heterocycles. The number of carbonyl (C=O) groups is 1. The van der Waals surface area contributed by atoms with Gasteiger partial charge in [0, 0.05) is 0 Å². The third-order valence-electron chi connectivity index (χ3n) is 3.57. The number of carbonyl (C=O) groups excluding carboxylic acids is 1. The van der Waals surface area contributed by atoms with E-state index in [2.05, 4.69) is 5.32 Å². The summed E-state index contributed by atoms with van der Waals surface area (Å²) in [4.78, 5) is 11.8. The van der Waals surface area contributed by atoms with Crippen molar-refractivity contribution in [2.75, 3.05) is 6.61 Å². The summed E-state index contributed by atoms with van der Waals surface area (Å²) in [6.45, 7) is 6.41. The predicted octanol–water partition coefficient (Wildman–Crippen LogP) is 2.86. The molecule has 2 aliphatic rings. The molecule has 1 aliphatic heterocycles. The fourth-order valence-corrected chi connectivity index (χ4v) is 2.66. The van der Waals surface area contributed by atoms with Crippen molar-refractivity contribution >= 4 is 6.09 Å². The van der Waals surface area contributed by atoms with Crippen LogP contribution >= 0.6 is 0 Å². The molecule has 4 heteroatoms. The van der Waals surface area contributed by atoms with Crippen LogP contribution in [0.5, 0.6) is 0 Å². The van der Waals surface area contributed by atoms with Crippen molar-refractivity contribution in [1.82, 2.24) is 5.32 Å². The molecular weight excluding hydrogens is 230 g/mol. The summed E-state index contributed by atoms with van der Waals surface area (Å²) in [7, 11) is 0. The molecule has 2 rings (SSSR count). The Hall–Kier alpha value is -0.770. The highest BCUT2D eigenvalue weighted by Gasteiger charge is 2.36. The number of epoxide rings is 1. The van der Waals surface area contributed by atoms with Gasteiger partial charge in [0.05, 0.1) is 12.6 Å². The fraction of sp³-hybridized carbons (Fsp3) is 0.929. The van der Waals surface area contributed by atoms with Crippen LogP contribution in [0, 0.1) is 5.92 Å². The van der Waals surface area contributed by atoms with Gasteiger partial charge in [-0.3, -0.25) is 0 Å². The highest BCUT2D eigenvalue weighted by atomic mass is 16.6. The van der Waals surface area contributed by atoms with Gasteiger partial charge >= 0.3 is 6.09 Å². The van der Waals surface area contributed by atoms with Crippen molar-refractivity contribution in [3.63, 3.8) is 0 Å². The van der Waals surface area contributed by atoms with E-state index in [4.69, 9.17) is 9.47 Å². The van der Waals surface area contributed by atoms with Gasteiger partial charge in [0.2, 0.25) is 0 Å². The zero-order chi connectivity index (χ0) is 13.2. The first-order chi connectivity index (χ1) is 8.44. The largest absolute Gasteiger partial charge is 0.444 e. The molecule has 1 amide bonds. The quantitative estimate of drug-likeness (QED) is 0.786. The topological polar surface area (TPSA) is 50.9 Å². The van der Waals surface area contributed by atoms with Crippen LogP contribution in [-0.2, 0) is 9.47 Å². The van der Waals surface area contributed by atoms with Crippen LogP contribution in [0.3, 0.4) is 0 Å². The molecule has 0 aromatic carbocycles. The first-order valence-electron chi connectivity index (χ1n) is 7.05. The first kappa shape index (κ1) is 13.7. The number of hydrogen-bond acceptors (Lipinski definition) is 3. The van der Waals surface area contributed by atoms with Crippen molar-refractivity contribution in [2.24, 2.45) is 5.92 Å². The van der Waals surface area contributed by atoms with Gasteiger partial charge in [-0.2, -0.15) is 0 Å². The molecule has 104 valence electrons. The van der Waals surface area contributed by atoms with Crippen LogP contribution in [0.1, 0.15) is 52.9 Å². The van der Waals surface area contributed by atoms with Crippen molar-refractivity contribution in [3.8, 4) is 0 Å². The van der Waals surface area contributed by atoms with Gasteiger partial charge in [0.25, 0.3) is 0 Å². The molecule has 1 aliphatic carbocycles. The number of rotatable bonds is 4. The summed E-state index contributed by atoms with van der Waals surface area (Å²) >= 11 is 0. The molecule has 1 saturated heterocycles. The van der Waals surface area contributed by atoms with Crippen LogP contribution in [0.15, 0.2) is 0 Å². The molecule has 1 unspecified atom stereocenters. The Balaban J connectivity index is 1.80. The monoisotopic (exact) mass is 255 g/mol. The van der Waals surface area contributed by atoms with Gasteiger partial charge in [-0.25, -0.2) is 4.79 Å². The molecule has 0 bridgehead atoms. The van der Waals surface area contributed by atoms with Gasteiger partial charge in [-0.1, -0.05) is 25.7 Å².